The van der Waals surface area contributed by atoms with Crippen LogP contribution in [0.5, 0.6) is 0 Å². The van der Waals surface area contributed by atoms with Crippen LogP contribution in [0, 0.1) is 5.92 Å². The SMILES string of the molecule is CC(NC(=O)NC(C(=O)O)c1cnn(C)c1)C1CCC1. The van der Waals surface area contributed by atoms with E-state index >= 15 is 0 Å². The van der Waals surface area contributed by atoms with Gasteiger partial charge in [0, 0.05) is 24.8 Å². The lowest BCUT2D eigenvalue weighted by molar-refractivity contribution is -0.139. The highest BCUT2D eigenvalue weighted by atomic mass is 16.4. The number of rotatable bonds is 5. The Balaban J connectivity index is 1.94. The van der Waals surface area contributed by atoms with E-state index in [1.807, 2.05) is 6.92 Å². The van der Waals surface area contributed by atoms with Crippen molar-refractivity contribution in [2.45, 2.75) is 38.3 Å². The van der Waals surface area contributed by atoms with E-state index < -0.39 is 18.0 Å². The summed E-state index contributed by atoms with van der Waals surface area (Å²) in [5.41, 5.74) is 0.450. The van der Waals surface area contributed by atoms with Gasteiger partial charge in [0.1, 0.15) is 0 Å². The molecule has 2 unspecified atom stereocenters. The van der Waals surface area contributed by atoms with Crippen LogP contribution in [-0.4, -0.2) is 32.9 Å². The first-order chi connectivity index (χ1) is 9.47. The van der Waals surface area contributed by atoms with Crippen LogP contribution in [0.1, 0.15) is 37.8 Å². The summed E-state index contributed by atoms with van der Waals surface area (Å²) in [4.78, 5) is 23.1. The number of hydrogen-bond donors (Lipinski definition) is 3. The highest BCUT2D eigenvalue weighted by Crippen LogP contribution is 2.29. The van der Waals surface area contributed by atoms with Crippen molar-refractivity contribution in [3.05, 3.63) is 18.0 Å². The first-order valence-electron chi connectivity index (χ1n) is 6.75. The predicted molar refractivity (Wildman–Crippen MR) is 72.1 cm³/mol. The Kier molecular flexibility index (Phi) is 4.26. The fourth-order valence-electron chi connectivity index (χ4n) is 2.31. The fourth-order valence-corrected chi connectivity index (χ4v) is 2.31. The molecule has 7 nitrogen and oxygen atoms in total. The zero-order valence-electron chi connectivity index (χ0n) is 11.7. The van der Waals surface area contributed by atoms with E-state index in [-0.39, 0.29) is 6.04 Å². The standard InChI is InChI=1S/C13H20N4O3/c1-8(9-4-3-5-9)15-13(20)16-11(12(18)19)10-6-14-17(2)7-10/h6-9,11H,3-5H2,1-2H3,(H,18,19)(H2,15,16,20). The molecule has 1 saturated carbocycles. The van der Waals surface area contributed by atoms with Gasteiger partial charge in [0.25, 0.3) is 0 Å². The highest BCUT2D eigenvalue weighted by Gasteiger charge is 2.27. The molecular formula is C13H20N4O3. The van der Waals surface area contributed by atoms with Crippen LogP contribution < -0.4 is 10.6 Å². The number of nitrogens with one attached hydrogen (secondary N) is 2. The maximum atomic E-state index is 11.9. The maximum Gasteiger partial charge on any atom is 0.331 e. The Morgan fingerprint density at radius 2 is 2.15 bits per heavy atom. The van der Waals surface area contributed by atoms with Gasteiger partial charge >= 0.3 is 12.0 Å². The molecule has 0 aliphatic heterocycles. The smallest absolute Gasteiger partial charge is 0.331 e. The second-order valence-electron chi connectivity index (χ2n) is 5.32. The summed E-state index contributed by atoms with van der Waals surface area (Å²) in [6, 6.07) is -1.48. The second-order valence-corrected chi connectivity index (χ2v) is 5.32. The van der Waals surface area contributed by atoms with Gasteiger partial charge in [0.2, 0.25) is 0 Å². The van der Waals surface area contributed by atoms with E-state index in [0.717, 1.165) is 12.8 Å². The van der Waals surface area contributed by atoms with Crippen molar-refractivity contribution in [3.63, 3.8) is 0 Å². The molecule has 0 saturated heterocycles. The molecule has 1 aromatic rings. The van der Waals surface area contributed by atoms with Gasteiger partial charge in [-0.25, -0.2) is 9.59 Å². The zero-order valence-corrected chi connectivity index (χ0v) is 11.7. The molecule has 2 atom stereocenters. The van der Waals surface area contributed by atoms with Crippen molar-refractivity contribution in [2.75, 3.05) is 0 Å². The molecule has 1 aliphatic carbocycles. The molecule has 110 valence electrons. The van der Waals surface area contributed by atoms with Gasteiger partial charge in [-0.1, -0.05) is 6.42 Å². The van der Waals surface area contributed by atoms with Gasteiger partial charge in [-0.15, -0.1) is 0 Å². The Bertz CT molecular complexity index is 496. The molecule has 1 aromatic heterocycles. The van der Waals surface area contributed by atoms with E-state index in [0.29, 0.717) is 11.5 Å². The van der Waals surface area contributed by atoms with Crippen LogP contribution in [0.25, 0.3) is 0 Å². The van der Waals surface area contributed by atoms with Crippen molar-refractivity contribution in [1.29, 1.82) is 0 Å². The lowest BCUT2D eigenvalue weighted by Gasteiger charge is -2.32. The Morgan fingerprint density at radius 1 is 1.45 bits per heavy atom. The van der Waals surface area contributed by atoms with Crippen molar-refractivity contribution in [3.8, 4) is 0 Å². The minimum atomic E-state index is -1.11. The molecular weight excluding hydrogens is 260 g/mol. The van der Waals surface area contributed by atoms with Gasteiger partial charge in [-0.05, 0) is 25.7 Å². The molecule has 1 heterocycles. The number of amides is 2. The number of carbonyl (C=O) groups excluding carboxylic acids is 1. The van der Waals surface area contributed by atoms with Crippen molar-refractivity contribution in [1.82, 2.24) is 20.4 Å². The van der Waals surface area contributed by atoms with Crippen LogP contribution in [0.2, 0.25) is 0 Å². The molecule has 7 heteroatoms. The summed E-state index contributed by atoms with van der Waals surface area (Å²) < 4.78 is 1.50. The molecule has 0 spiro atoms. The minimum absolute atomic E-state index is 0.0621. The zero-order chi connectivity index (χ0) is 14.7. The van der Waals surface area contributed by atoms with Gasteiger partial charge in [0.05, 0.1) is 6.20 Å². The predicted octanol–water partition coefficient (Wildman–Crippen LogP) is 1.03. The molecule has 0 aromatic carbocycles. The number of hydrogen-bond acceptors (Lipinski definition) is 3. The molecule has 20 heavy (non-hydrogen) atoms. The van der Waals surface area contributed by atoms with Gasteiger partial charge in [-0.2, -0.15) is 5.10 Å². The third-order valence-corrected chi connectivity index (χ3v) is 3.80. The number of urea groups is 1. The molecule has 0 bridgehead atoms. The summed E-state index contributed by atoms with van der Waals surface area (Å²) in [5, 5.41) is 18.4. The van der Waals surface area contributed by atoms with Crippen molar-refractivity contribution < 1.29 is 14.7 Å². The number of nitrogens with zero attached hydrogens (tertiary/aromatic N) is 2. The Labute approximate surface area is 117 Å². The van der Waals surface area contributed by atoms with E-state index in [1.54, 1.807) is 13.2 Å². The summed E-state index contributed by atoms with van der Waals surface area (Å²) in [5.74, 6) is -0.605. The van der Waals surface area contributed by atoms with Crippen LogP contribution >= 0.6 is 0 Å². The summed E-state index contributed by atoms with van der Waals surface area (Å²) >= 11 is 0. The average Bonchev–Trinajstić information content (AvgIpc) is 2.69. The van der Waals surface area contributed by atoms with Gasteiger partial charge < -0.3 is 15.7 Å². The number of aryl methyl sites for hydroxylation is 1. The third-order valence-electron chi connectivity index (χ3n) is 3.80. The fraction of sp³-hybridized carbons (Fsp3) is 0.615. The quantitative estimate of drug-likeness (QED) is 0.750. The average molecular weight is 280 g/mol. The summed E-state index contributed by atoms with van der Waals surface area (Å²) in [7, 11) is 1.70. The molecule has 3 N–H and O–H groups in total. The van der Waals surface area contributed by atoms with E-state index in [9.17, 15) is 14.7 Å². The lowest BCUT2D eigenvalue weighted by atomic mass is 9.80. The summed E-state index contributed by atoms with van der Waals surface area (Å²) in [6.45, 7) is 1.95. The van der Waals surface area contributed by atoms with Crippen LogP contribution in [0.15, 0.2) is 12.4 Å². The lowest BCUT2D eigenvalue weighted by Crippen LogP contribution is -2.47. The number of carboxylic acid groups (broad SMARTS) is 1. The monoisotopic (exact) mass is 280 g/mol. The number of carboxylic acids is 1. The first kappa shape index (κ1) is 14.4. The Hall–Kier alpha value is -2.05. The Morgan fingerprint density at radius 3 is 2.60 bits per heavy atom. The van der Waals surface area contributed by atoms with Crippen molar-refractivity contribution >= 4 is 12.0 Å². The number of aliphatic carboxylic acids is 1. The first-order valence-corrected chi connectivity index (χ1v) is 6.75. The maximum absolute atomic E-state index is 11.9. The van der Waals surface area contributed by atoms with Gasteiger partial charge in [0.15, 0.2) is 6.04 Å². The second kappa shape index (κ2) is 5.94. The van der Waals surface area contributed by atoms with E-state index in [4.69, 9.17) is 0 Å². The highest BCUT2D eigenvalue weighted by molar-refractivity contribution is 5.83. The van der Waals surface area contributed by atoms with Crippen LogP contribution in [-0.2, 0) is 11.8 Å². The number of aromatic nitrogens is 2. The largest absolute Gasteiger partial charge is 0.479 e. The van der Waals surface area contributed by atoms with Crippen LogP contribution in [0.3, 0.4) is 0 Å². The van der Waals surface area contributed by atoms with E-state index in [1.165, 1.54) is 17.3 Å². The topological polar surface area (TPSA) is 96.2 Å². The number of carbonyl (C=O) groups is 2. The molecule has 2 rings (SSSR count). The molecule has 2 amide bonds. The van der Waals surface area contributed by atoms with Crippen LogP contribution in [0.4, 0.5) is 4.79 Å². The van der Waals surface area contributed by atoms with E-state index in [2.05, 4.69) is 15.7 Å². The van der Waals surface area contributed by atoms with Crippen molar-refractivity contribution in [2.24, 2.45) is 13.0 Å². The molecule has 1 aliphatic rings. The minimum Gasteiger partial charge on any atom is -0.479 e. The molecule has 1 fully saturated rings. The normalized spacial score (nSPS) is 17.9. The van der Waals surface area contributed by atoms with Gasteiger partial charge in [-0.3, -0.25) is 4.68 Å². The summed E-state index contributed by atoms with van der Waals surface area (Å²) in [6.07, 6.45) is 6.45. The molecule has 0 radical (unpaired) electrons. The third kappa shape index (κ3) is 3.28.